The number of fused-ring (bicyclic) bond motifs is 1. The molecule has 1 atom stereocenters. The molecule has 3 aromatic rings. The summed E-state index contributed by atoms with van der Waals surface area (Å²) in [5.41, 5.74) is 3.40. The second-order valence-electron chi connectivity index (χ2n) is 10.6. The van der Waals surface area contributed by atoms with Gasteiger partial charge in [0.15, 0.2) is 11.6 Å². The lowest BCUT2D eigenvalue weighted by Crippen LogP contribution is -2.15. The number of nitrogens with zero attached hydrogens (tertiary/aromatic N) is 3. The largest absolute Gasteiger partial charge is 0.493 e. The summed E-state index contributed by atoms with van der Waals surface area (Å²) in [6, 6.07) is 11.5. The van der Waals surface area contributed by atoms with Crippen LogP contribution in [0.5, 0.6) is 0 Å². The summed E-state index contributed by atoms with van der Waals surface area (Å²) in [7, 11) is 0. The van der Waals surface area contributed by atoms with Crippen molar-refractivity contribution in [1.82, 2.24) is 4.98 Å². The lowest BCUT2D eigenvalue weighted by Gasteiger charge is -2.24. The minimum Gasteiger partial charge on any atom is -0.493 e. The van der Waals surface area contributed by atoms with E-state index in [2.05, 4.69) is 9.98 Å². The van der Waals surface area contributed by atoms with Crippen molar-refractivity contribution in [2.45, 2.75) is 38.4 Å². The number of aliphatic imine (C=N–C) groups is 2. The third-order valence-corrected chi connectivity index (χ3v) is 7.62. The van der Waals surface area contributed by atoms with Crippen molar-refractivity contribution in [3.8, 4) is 11.1 Å². The third-order valence-electron chi connectivity index (χ3n) is 7.62. The summed E-state index contributed by atoms with van der Waals surface area (Å²) in [6.45, 7) is 1.94. The van der Waals surface area contributed by atoms with Crippen LogP contribution in [-0.2, 0) is 10.9 Å². The summed E-state index contributed by atoms with van der Waals surface area (Å²) < 4.78 is 77.0. The molecule has 3 aliphatic rings. The van der Waals surface area contributed by atoms with E-state index in [4.69, 9.17) is 9.73 Å². The van der Waals surface area contributed by atoms with Crippen molar-refractivity contribution in [3.05, 3.63) is 130 Å². The first-order valence-electron chi connectivity index (χ1n) is 13.8. The molecule has 2 aromatic carbocycles. The average Bonchev–Trinajstić information content (AvgIpc) is 3.38. The maximum Gasteiger partial charge on any atom is 0.417 e. The van der Waals surface area contributed by atoms with Crippen molar-refractivity contribution in [2.75, 3.05) is 6.61 Å². The number of rotatable bonds is 5. The Morgan fingerprint density at radius 1 is 0.953 bits per heavy atom. The molecular formula is C34H26F5N3O. The first-order chi connectivity index (χ1) is 20.7. The number of ether oxygens (including phenoxy) is 1. The van der Waals surface area contributed by atoms with Crippen LogP contribution in [0.1, 0.15) is 42.9 Å². The first kappa shape index (κ1) is 28.5. The predicted molar refractivity (Wildman–Crippen MR) is 156 cm³/mol. The van der Waals surface area contributed by atoms with Gasteiger partial charge in [-0.2, -0.15) is 13.2 Å². The Hall–Kier alpha value is -4.66. The normalized spacial score (nSPS) is 18.6. The molecule has 0 aliphatic carbocycles. The van der Waals surface area contributed by atoms with Crippen molar-refractivity contribution >= 4 is 17.5 Å². The zero-order valence-electron chi connectivity index (χ0n) is 23.1. The average molecular weight is 588 g/mol. The first-order valence-corrected chi connectivity index (χ1v) is 13.8. The number of alkyl halides is 3. The Morgan fingerprint density at radius 2 is 1.77 bits per heavy atom. The summed E-state index contributed by atoms with van der Waals surface area (Å²) in [5.74, 6) is -1.34. The fourth-order valence-electron chi connectivity index (χ4n) is 5.38. The van der Waals surface area contributed by atoms with E-state index >= 15 is 0 Å². The van der Waals surface area contributed by atoms with Gasteiger partial charge in [0.25, 0.3) is 0 Å². The van der Waals surface area contributed by atoms with Crippen LogP contribution in [0, 0.1) is 11.6 Å². The van der Waals surface area contributed by atoms with E-state index in [0.717, 1.165) is 6.07 Å². The highest BCUT2D eigenvalue weighted by molar-refractivity contribution is 6.15. The van der Waals surface area contributed by atoms with Gasteiger partial charge < -0.3 is 4.74 Å². The Balaban J connectivity index is 1.25. The van der Waals surface area contributed by atoms with Crippen molar-refractivity contribution in [2.24, 2.45) is 9.98 Å². The molecule has 0 amide bonds. The third kappa shape index (κ3) is 5.98. The Labute approximate surface area is 245 Å². The number of allylic oxidation sites excluding steroid dienone is 5. The van der Waals surface area contributed by atoms with E-state index < -0.39 is 23.4 Å². The minimum absolute atomic E-state index is 0.0765. The maximum atomic E-state index is 14.4. The molecule has 0 spiro atoms. The molecule has 0 radical (unpaired) electrons. The molecule has 3 aliphatic heterocycles. The Kier molecular flexibility index (Phi) is 7.64. The monoisotopic (exact) mass is 587 g/mol. The molecule has 4 nitrogen and oxygen atoms in total. The van der Waals surface area contributed by atoms with Gasteiger partial charge in [0.05, 0.1) is 28.8 Å². The lowest BCUT2D eigenvalue weighted by atomic mass is 9.90. The second kappa shape index (κ2) is 11.6. The van der Waals surface area contributed by atoms with Crippen LogP contribution in [-0.4, -0.2) is 29.6 Å². The molecule has 6 rings (SSSR count). The van der Waals surface area contributed by atoms with Crippen LogP contribution >= 0.6 is 0 Å². The fourth-order valence-corrected chi connectivity index (χ4v) is 5.38. The Morgan fingerprint density at radius 3 is 2.56 bits per heavy atom. The highest BCUT2D eigenvalue weighted by Crippen LogP contribution is 2.40. The maximum absolute atomic E-state index is 14.4. The molecule has 1 aromatic heterocycles. The van der Waals surface area contributed by atoms with Gasteiger partial charge in [-0.3, -0.25) is 9.98 Å². The van der Waals surface area contributed by atoms with E-state index in [1.165, 1.54) is 24.3 Å². The number of pyridine rings is 1. The van der Waals surface area contributed by atoms with Gasteiger partial charge in [0.1, 0.15) is 6.61 Å². The molecule has 0 saturated heterocycles. The predicted octanol–water partition coefficient (Wildman–Crippen LogP) is 8.67. The second-order valence-corrected chi connectivity index (χ2v) is 10.6. The smallest absolute Gasteiger partial charge is 0.417 e. The SMILES string of the molecule is CC1=C(c2ccc(-c3ccncc3)cc2C(F)(F)F)C=C(CC2CCC=C3N=C(c4cccc(F)c4F)C=C3C=N2)OC1. The fraction of sp³-hybridized carbons (Fsp3) is 0.206. The topological polar surface area (TPSA) is 46.8 Å². The van der Waals surface area contributed by atoms with Gasteiger partial charge in [-0.1, -0.05) is 24.3 Å². The van der Waals surface area contributed by atoms with Crippen LogP contribution < -0.4 is 0 Å². The van der Waals surface area contributed by atoms with E-state index in [9.17, 15) is 22.0 Å². The quantitative estimate of drug-likeness (QED) is 0.281. The van der Waals surface area contributed by atoms with Gasteiger partial charge in [-0.15, -0.1) is 0 Å². The molecule has 0 bridgehead atoms. The van der Waals surface area contributed by atoms with Gasteiger partial charge in [-0.05, 0) is 90.1 Å². The van der Waals surface area contributed by atoms with Crippen molar-refractivity contribution in [1.29, 1.82) is 0 Å². The van der Waals surface area contributed by atoms with Gasteiger partial charge >= 0.3 is 6.18 Å². The highest BCUT2D eigenvalue weighted by Gasteiger charge is 2.35. The van der Waals surface area contributed by atoms with Gasteiger partial charge in [-0.25, -0.2) is 13.8 Å². The van der Waals surface area contributed by atoms with Gasteiger partial charge in [0.2, 0.25) is 0 Å². The molecule has 0 N–H and O–H groups in total. The molecule has 0 saturated carbocycles. The summed E-state index contributed by atoms with van der Waals surface area (Å²) in [4.78, 5) is 13.1. The van der Waals surface area contributed by atoms with Crippen LogP contribution in [0.2, 0.25) is 0 Å². The molecule has 0 fully saturated rings. The van der Waals surface area contributed by atoms with E-state index in [1.807, 2.05) is 6.08 Å². The summed E-state index contributed by atoms with van der Waals surface area (Å²) in [6.07, 6.45) is 7.16. The standard InChI is InChI=1S/C34H26F5N3O/c1-20-19-43-25(17-28(20)26-9-8-22(14-29(26)34(37,38)39)21-10-12-40-13-11-21)16-24-4-2-7-31-23(18-41-24)15-32(42-31)27-5-3-6-30(35)33(27)36/h3,5-15,17-18,24H,2,4,16,19H2,1H3. The number of benzene rings is 2. The van der Waals surface area contributed by atoms with Crippen molar-refractivity contribution < 1.29 is 26.7 Å². The van der Waals surface area contributed by atoms with Crippen LogP contribution in [0.25, 0.3) is 16.7 Å². The van der Waals surface area contributed by atoms with E-state index in [1.54, 1.807) is 55.9 Å². The van der Waals surface area contributed by atoms with Crippen LogP contribution in [0.3, 0.4) is 0 Å². The number of hydrogen-bond acceptors (Lipinski definition) is 4. The summed E-state index contributed by atoms with van der Waals surface area (Å²) in [5, 5.41) is 0. The van der Waals surface area contributed by atoms with E-state index in [0.29, 0.717) is 64.3 Å². The highest BCUT2D eigenvalue weighted by atomic mass is 19.4. The van der Waals surface area contributed by atoms with Crippen LogP contribution in [0.15, 0.2) is 112 Å². The van der Waals surface area contributed by atoms with Gasteiger partial charge in [0, 0.05) is 36.2 Å². The summed E-state index contributed by atoms with van der Waals surface area (Å²) >= 11 is 0. The number of aromatic nitrogens is 1. The Bertz CT molecular complexity index is 1760. The molecule has 1 unspecified atom stereocenters. The molecule has 43 heavy (non-hydrogen) atoms. The van der Waals surface area contributed by atoms with Crippen molar-refractivity contribution in [3.63, 3.8) is 0 Å². The zero-order valence-corrected chi connectivity index (χ0v) is 23.1. The minimum atomic E-state index is -4.56. The number of hydrogen-bond donors (Lipinski definition) is 0. The molecule has 9 heteroatoms. The molecule has 4 heterocycles. The van der Waals surface area contributed by atoms with Crippen LogP contribution in [0.4, 0.5) is 22.0 Å². The molecule has 218 valence electrons. The lowest BCUT2D eigenvalue weighted by molar-refractivity contribution is -0.137. The van der Waals surface area contributed by atoms with E-state index in [-0.39, 0.29) is 23.8 Å². The zero-order chi connectivity index (χ0) is 30.1. The molecular weight excluding hydrogens is 561 g/mol. The number of halogens is 5.